The van der Waals surface area contributed by atoms with Gasteiger partial charge in [-0.1, -0.05) is 0 Å². The van der Waals surface area contributed by atoms with E-state index in [1.54, 1.807) is 0 Å². The normalized spacial score (nSPS) is 44.4. The molecule has 3 aliphatic heterocycles. The molecule has 0 aromatic carbocycles. The van der Waals surface area contributed by atoms with Crippen LogP contribution in [0.2, 0.25) is 0 Å². The monoisotopic (exact) mass is 682 g/mol. The van der Waals surface area contributed by atoms with E-state index in [0.717, 1.165) is 0 Å². The van der Waals surface area contributed by atoms with Crippen LogP contribution in [0.4, 0.5) is 0 Å². The number of aliphatic hydroxyl groups is 15. The van der Waals surface area contributed by atoms with Gasteiger partial charge in [0.1, 0.15) is 98.7 Å². The summed E-state index contributed by atoms with van der Waals surface area (Å²) in [6.07, 6.45) is -33.7. The van der Waals surface area contributed by atoms with Gasteiger partial charge >= 0.3 is 5.97 Å². The van der Waals surface area contributed by atoms with Crippen molar-refractivity contribution in [1.29, 1.82) is 0 Å². The number of aliphatic hydroxyl groups excluding tert-OH is 15. The van der Waals surface area contributed by atoms with E-state index < -0.39 is 149 Å². The second-order valence-electron chi connectivity index (χ2n) is 11.0. The Kier molecular flexibility index (Phi) is 13.9. The molecule has 46 heavy (non-hydrogen) atoms. The third-order valence-electron chi connectivity index (χ3n) is 7.88. The van der Waals surface area contributed by atoms with Gasteiger partial charge in [-0.3, -0.25) is 0 Å². The van der Waals surface area contributed by atoms with Gasteiger partial charge in [0, 0.05) is 0 Å². The van der Waals surface area contributed by atoms with Gasteiger partial charge in [0.2, 0.25) is 5.79 Å². The summed E-state index contributed by atoms with van der Waals surface area (Å²) in [5.74, 6) is -4.26. The van der Waals surface area contributed by atoms with Crippen molar-refractivity contribution < 1.29 is 110 Å². The first-order valence-corrected chi connectivity index (χ1v) is 14.0. The summed E-state index contributed by atoms with van der Waals surface area (Å²) < 4.78 is 32.0. The van der Waals surface area contributed by atoms with Crippen molar-refractivity contribution in [3.05, 3.63) is 0 Å². The maximum atomic E-state index is 12.2. The summed E-state index contributed by atoms with van der Waals surface area (Å²) in [4.78, 5) is 12.2. The highest BCUT2D eigenvalue weighted by atomic mass is 16.8. The average molecular weight is 683 g/mol. The quantitative estimate of drug-likeness (QED) is 0.0756. The molecule has 0 unspecified atom stereocenters. The molecule has 0 spiro atoms. The van der Waals surface area contributed by atoms with Crippen LogP contribution in [0.3, 0.4) is 0 Å². The molecular formula is C24H42O22. The minimum absolute atomic E-state index is 0.856. The van der Waals surface area contributed by atoms with E-state index in [1.807, 2.05) is 0 Å². The van der Waals surface area contributed by atoms with E-state index in [0.29, 0.717) is 0 Å². The molecule has 0 saturated carbocycles. The summed E-state index contributed by atoms with van der Waals surface area (Å²) in [5.41, 5.74) is 0. The summed E-state index contributed by atoms with van der Waals surface area (Å²) in [6, 6.07) is 0. The number of hydrogen-bond donors (Lipinski definition) is 15. The Bertz CT molecular complexity index is 959. The lowest BCUT2D eigenvalue weighted by Gasteiger charge is -2.45. The van der Waals surface area contributed by atoms with Crippen LogP contribution in [0, 0.1) is 0 Å². The first-order valence-electron chi connectivity index (χ1n) is 14.0. The Labute approximate surface area is 259 Å². The summed E-state index contributed by atoms with van der Waals surface area (Å²) in [5, 5.41) is 150. The maximum absolute atomic E-state index is 12.2. The van der Waals surface area contributed by atoms with Crippen LogP contribution in [0.25, 0.3) is 0 Å². The molecule has 0 amide bonds. The predicted octanol–water partition coefficient (Wildman–Crippen LogP) is -10.6. The first kappa shape index (κ1) is 39.1. The molecule has 0 bridgehead atoms. The molecule has 3 heterocycles. The summed E-state index contributed by atoms with van der Waals surface area (Å²) in [6.45, 7) is -5.10. The van der Waals surface area contributed by atoms with E-state index in [4.69, 9.17) is 33.5 Å². The molecule has 0 radical (unpaired) electrons. The number of ether oxygens (including phenoxy) is 6. The number of esters is 1. The second-order valence-corrected chi connectivity index (χ2v) is 11.0. The molecule has 22 heteroatoms. The molecule has 0 aromatic rings. The van der Waals surface area contributed by atoms with Crippen LogP contribution in [0.5, 0.6) is 0 Å². The molecule has 3 aliphatic rings. The van der Waals surface area contributed by atoms with Crippen molar-refractivity contribution in [2.45, 2.75) is 110 Å². The third kappa shape index (κ3) is 7.93. The fraction of sp³-hybridized carbons (Fsp3) is 0.958. The van der Waals surface area contributed by atoms with E-state index in [-0.39, 0.29) is 0 Å². The molecule has 18 atom stereocenters. The van der Waals surface area contributed by atoms with E-state index in [9.17, 15) is 76.3 Å². The largest absolute Gasteiger partial charge is 0.461 e. The molecule has 0 aromatic heterocycles. The Morgan fingerprint density at radius 1 is 0.674 bits per heavy atom. The topological polar surface area (TPSA) is 376 Å². The van der Waals surface area contributed by atoms with Gasteiger partial charge in [-0.2, -0.15) is 0 Å². The van der Waals surface area contributed by atoms with Gasteiger partial charge < -0.3 is 105 Å². The van der Waals surface area contributed by atoms with Crippen molar-refractivity contribution in [1.82, 2.24) is 0 Å². The lowest BCUT2D eigenvalue weighted by Crippen LogP contribution is -2.64. The van der Waals surface area contributed by atoms with Crippen LogP contribution >= 0.6 is 0 Å². The standard InChI is InChI=1S/C24H42O22/c25-1-6(29)10(30)14(34)17(37)21(40)41-4-9-12(32)16(36)19(39)23(43-9)46-24(5-28)20(13(33)8(3-27)45-24)44-22-18(38)15(35)11(31)7(2-26)42-22/h6-20,22-23,25-39H,1-5H2/t6-,7-,8-,9-,10+,11-,12-,13-,14+,15+,16+,17-,18-,19-,20+,22-,23-,24+/m1/s1. The third-order valence-corrected chi connectivity index (χ3v) is 7.88. The van der Waals surface area contributed by atoms with Gasteiger partial charge in [-0.25, -0.2) is 4.79 Å². The minimum atomic E-state index is -2.63. The van der Waals surface area contributed by atoms with Crippen molar-refractivity contribution in [3.8, 4) is 0 Å². The molecule has 3 saturated heterocycles. The lowest BCUT2D eigenvalue weighted by atomic mass is 9.98. The Morgan fingerprint density at radius 3 is 1.76 bits per heavy atom. The first-order chi connectivity index (χ1) is 21.6. The lowest BCUT2D eigenvalue weighted by molar-refractivity contribution is -0.400. The van der Waals surface area contributed by atoms with E-state index in [2.05, 4.69) is 0 Å². The summed E-state index contributed by atoms with van der Waals surface area (Å²) in [7, 11) is 0. The highest BCUT2D eigenvalue weighted by Gasteiger charge is 2.61. The van der Waals surface area contributed by atoms with Gasteiger partial charge in [0.25, 0.3) is 0 Å². The van der Waals surface area contributed by atoms with E-state index in [1.165, 1.54) is 0 Å². The van der Waals surface area contributed by atoms with Crippen LogP contribution in [0.1, 0.15) is 0 Å². The zero-order valence-corrected chi connectivity index (χ0v) is 23.9. The smallest absolute Gasteiger partial charge is 0.337 e. The zero-order valence-electron chi connectivity index (χ0n) is 23.9. The molecular weight excluding hydrogens is 640 g/mol. The van der Waals surface area contributed by atoms with Gasteiger partial charge in [0.15, 0.2) is 18.7 Å². The fourth-order valence-electron chi connectivity index (χ4n) is 5.02. The zero-order chi connectivity index (χ0) is 34.7. The van der Waals surface area contributed by atoms with Gasteiger partial charge in [-0.05, 0) is 0 Å². The Hall–Kier alpha value is -1.33. The van der Waals surface area contributed by atoms with Gasteiger partial charge in [-0.15, -0.1) is 0 Å². The van der Waals surface area contributed by atoms with Crippen molar-refractivity contribution >= 4 is 5.97 Å². The fourth-order valence-corrected chi connectivity index (χ4v) is 5.02. The number of carbonyl (C=O) groups excluding carboxylic acids is 1. The average Bonchev–Trinajstić information content (AvgIpc) is 3.32. The van der Waals surface area contributed by atoms with Gasteiger partial charge in [0.05, 0.1) is 19.8 Å². The van der Waals surface area contributed by atoms with Crippen LogP contribution in [-0.4, -0.2) is 226 Å². The second kappa shape index (κ2) is 16.4. The number of carbonyl (C=O) groups is 1. The number of hydrogen-bond acceptors (Lipinski definition) is 22. The van der Waals surface area contributed by atoms with Crippen molar-refractivity contribution in [2.24, 2.45) is 0 Å². The van der Waals surface area contributed by atoms with Crippen molar-refractivity contribution in [3.63, 3.8) is 0 Å². The Morgan fingerprint density at radius 2 is 1.22 bits per heavy atom. The molecule has 15 N–H and O–H groups in total. The predicted molar refractivity (Wildman–Crippen MR) is 136 cm³/mol. The van der Waals surface area contributed by atoms with Crippen LogP contribution in [0.15, 0.2) is 0 Å². The number of rotatable bonds is 14. The minimum Gasteiger partial charge on any atom is -0.461 e. The summed E-state index contributed by atoms with van der Waals surface area (Å²) >= 11 is 0. The van der Waals surface area contributed by atoms with E-state index >= 15 is 0 Å². The highest BCUT2D eigenvalue weighted by molar-refractivity contribution is 5.75. The molecule has 22 nitrogen and oxygen atoms in total. The molecule has 0 aliphatic carbocycles. The van der Waals surface area contributed by atoms with Crippen LogP contribution < -0.4 is 0 Å². The molecule has 270 valence electrons. The molecule has 3 fully saturated rings. The maximum Gasteiger partial charge on any atom is 0.337 e. The Balaban J connectivity index is 1.78. The molecule has 3 rings (SSSR count). The highest BCUT2D eigenvalue weighted by Crippen LogP contribution is 2.39. The van der Waals surface area contributed by atoms with Crippen molar-refractivity contribution in [2.75, 3.05) is 33.0 Å². The SMILES string of the molecule is O=C(OC[C@H]1O[C@H](O[C@]2(CO)O[C@H](CO)[C@@H](O)[C@@H]2O[C@H]2O[C@H](CO)[C@@H](O)[C@H](O)[C@H]2O)[C@H](O)[C@@H](O)[C@@H]1O)[C@H](O)[C@@H](O)[C@@H](O)[C@H](O)CO. The van der Waals surface area contributed by atoms with Crippen LogP contribution in [-0.2, 0) is 33.2 Å².